The highest BCUT2D eigenvalue weighted by Gasteiger charge is 2.25. The van der Waals surface area contributed by atoms with E-state index in [0.29, 0.717) is 12.0 Å². The molecule has 0 aliphatic carbocycles. The number of rotatable bonds is 5. The summed E-state index contributed by atoms with van der Waals surface area (Å²) in [6, 6.07) is 22.9. The first-order valence-electron chi connectivity index (χ1n) is 10.3. The van der Waals surface area contributed by atoms with Crippen LogP contribution < -0.4 is 5.32 Å². The first-order chi connectivity index (χ1) is 15.0. The van der Waals surface area contributed by atoms with E-state index in [1.165, 1.54) is 7.11 Å². The first-order valence-corrected chi connectivity index (χ1v) is 10.3. The molecule has 4 nitrogen and oxygen atoms in total. The largest absolute Gasteiger partial charge is 0.467 e. The summed E-state index contributed by atoms with van der Waals surface area (Å²) in [4.78, 5) is 26.1. The van der Waals surface area contributed by atoms with E-state index in [9.17, 15) is 9.59 Å². The Hall–Kier alpha value is -3.66. The van der Waals surface area contributed by atoms with Crippen molar-refractivity contribution in [2.75, 3.05) is 7.11 Å². The number of esters is 1. The van der Waals surface area contributed by atoms with Gasteiger partial charge in [0.25, 0.3) is 5.91 Å². The maximum Gasteiger partial charge on any atom is 0.328 e. The zero-order valence-electron chi connectivity index (χ0n) is 17.9. The van der Waals surface area contributed by atoms with Crippen molar-refractivity contribution in [3.8, 4) is 0 Å². The Kier molecular flexibility index (Phi) is 5.72. The predicted octanol–water partition coefficient (Wildman–Crippen LogP) is 5.12. The van der Waals surface area contributed by atoms with Gasteiger partial charge >= 0.3 is 5.97 Å². The van der Waals surface area contributed by atoms with Crippen LogP contribution in [0.5, 0.6) is 0 Å². The maximum atomic E-state index is 13.5. The van der Waals surface area contributed by atoms with Crippen LogP contribution in [0.1, 0.15) is 27.0 Å². The van der Waals surface area contributed by atoms with E-state index >= 15 is 0 Å². The van der Waals surface area contributed by atoms with Crippen LogP contribution in [0.4, 0.5) is 0 Å². The molecule has 0 heterocycles. The van der Waals surface area contributed by atoms with Gasteiger partial charge in [-0.05, 0) is 58.1 Å². The van der Waals surface area contributed by atoms with Crippen LogP contribution >= 0.6 is 0 Å². The number of methoxy groups -OCH3 is 1. The van der Waals surface area contributed by atoms with Gasteiger partial charge in [-0.2, -0.15) is 0 Å². The van der Waals surface area contributed by atoms with Gasteiger partial charge in [0.15, 0.2) is 0 Å². The lowest BCUT2D eigenvalue weighted by molar-refractivity contribution is -0.142. The lowest BCUT2D eigenvalue weighted by Gasteiger charge is -2.20. The van der Waals surface area contributed by atoms with E-state index in [-0.39, 0.29) is 5.91 Å². The summed E-state index contributed by atoms with van der Waals surface area (Å²) in [6.07, 6.45) is 0.375. The van der Waals surface area contributed by atoms with Gasteiger partial charge in [-0.1, -0.05) is 66.7 Å². The fourth-order valence-electron chi connectivity index (χ4n) is 4.20. The van der Waals surface area contributed by atoms with Crippen molar-refractivity contribution >= 4 is 33.4 Å². The van der Waals surface area contributed by atoms with Gasteiger partial charge < -0.3 is 10.1 Å². The van der Waals surface area contributed by atoms with E-state index in [1.807, 2.05) is 80.6 Å². The molecule has 0 spiro atoms. The average Bonchev–Trinajstić information content (AvgIpc) is 2.78. The molecule has 4 heteroatoms. The minimum absolute atomic E-state index is 0.283. The number of benzene rings is 4. The maximum absolute atomic E-state index is 13.5. The minimum Gasteiger partial charge on any atom is -0.467 e. The van der Waals surface area contributed by atoms with E-state index in [2.05, 4.69) is 11.4 Å². The number of amides is 1. The van der Waals surface area contributed by atoms with Gasteiger partial charge in [0.05, 0.1) is 12.7 Å². The van der Waals surface area contributed by atoms with Crippen LogP contribution in [0, 0.1) is 13.8 Å². The predicted molar refractivity (Wildman–Crippen MR) is 124 cm³/mol. The quantitative estimate of drug-likeness (QED) is 0.366. The number of ether oxygens (including phenoxy) is 1. The molecule has 1 atom stereocenters. The van der Waals surface area contributed by atoms with Gasteiger partial charge in [-0.25, -0.2) is 4.79 Å². The summed E-state index contributed by atoms with van der Waals surface area (Å²) in [6.45, 7) is 4.02. The van der Waals surface area contributed by atoms with Crippen molar-refractivity contribution in [1.29, 1.82) is 0 Å². The summed E-state index contributed by atoms with van der Waals surface area (Å²) < 4.78 is 5.02. The Labute approximate surface area is 181 Å². The number of nitrogens with one attached hydrogen (secondary N) is 1. The molecule has 0 fully saturated rings. The second kappa shape index (κ2) is 8.60. The Morgan fingerprint density at radius 1 is 0.839 bits per heavy atom. The van der Waals surface area contributed by atoms with Crippen molar-refractivity contribution in [2.24, 2.45) is 0 Å². The number of hydrogen-bond donors (Lipinski definition) is 1. The number of fused-ring (bicyclic) bond motifs is 2. The summed E-state index contributed by atoms with van der Waals surface area (Å²) in [5.74, 6) is -0.741. The van der Waals surface area contributed by atoms with Crippen LogP contribution in [-0.4, -0.2) is 25.0 Å². The zero-order chi connectivity index (χ0) is 22.0. The van der Waals surface area contributed by atoms with E-state index in [4.69, 9.17) is 4.74 Å². The van der Waals surface area contributed by atoms with Crippen LogP contribution in [-0.2, 0) is 16.0 Å². The summed E-state index contributed by atoms with van der Waals surface area (Å²) in [5, 5.41) is 6.63. The first kappa shape index (κ1) is 20.6. The van der Waals surface area contributed by atoms with E-state index < -0.39 is 12.0 Å². The third-order valence-electron chi connectivity index (χ3n) is 5.84. The topological polar surface area (TPSA) is 55.4 Å². The van der Waals surface area contributed by atoms with E-state index in [0.717, 1.165) is 38.2 Å². The van der Waals surface area contributed by atoms with Gasteiger partial charge in [0.1, 0.15) is 6.04 Å². The lowest BCUT2D eigenvalue weighted by atomic mass is 9.94. The highest BCUT2D eigenvalue weighted by molar-refractivity contribution is 6.18. The van der Waals surface area contributed by atoms with Crippen molar-refractivity contribution in [1.82, 2.24) is 5.32 Å². The molecular weight excluding hydrogens is 386 g/mol. The Morgan fingerprint density at radius 2 is 1.39 bits per heavy atom. The molecule has 4 rings (SSSR count). The smallest absolute Gasteiger partial charge is 0.328 e. The van der Waals surface area contributed by atoms with Crippen molar-refractivity contribution in [3.63, 3.8) is 0 Å². The van der Waals surface area contributed by atoms with Crippen molar-refractivity contribution in [2.45, 2.75) is 26.3 Å². The molecule has 0 saturated carbocycles. The molecule has 31 heavy (non-hydrogen) atoms. The molecule has 0 saturated heterocycles. The summed E-state index contributed by atoms with van der Waals surface area (Å²) in [7, 11) is 1.35. The van der Waals surface area contributed by atoms with Gasteiger partial charge in [-0.15, -0.1) is 0 Å². The Morgan fingerprint density at radius 3 is 1.94 bits per heavy atom. The van der Waals surface area contributed by atoms with Crippen LogP contribution in [0.25, 0.3) is 21.5 Å². The molecule has 0 aromatic heterocycles. The van der Waals surface area contributed by atoms with Crippen LogP contribution in [0.15, 0.2) is 72.8 Å². The van der Waals surface area contributed by atoms with Gasteiger partial charge in [0.2, 0.25) is 0 Å². The molecule has 1 N–H and O–H groups in total. The second-order valence-electron chi connectivity index (χ2n) is 7.82. The fraction of sp³-hybridized carbons (Fsp3) is 0.185. The minimum atomic E-state index is -0.782. The van der Waals surface area contributed by atoms with Crippen molar-refractivity contribution < 1.29 is 14.3 Å². The molecular formula is C27H25NO3. The molecule has 156 valence electrons. The molecule has 4 aromatic rings. The summed E-state index contributed by atoms with van der Waals surface area (Å²) in [5.41, 5.74) is 3.78. The number of carbonyl (C=O) groups excluding carboxylic acids is 2. The van der Waals surface area contributed by atoms with Gasteiger partial charge in [0, 0.05) is 6.42 Å². The fourth-order valence-corrected chi connectivity index (χ4v) is 4.20. The normalized spacial score (nSPS) is 12.0. The standard InChI is InChI=1S/C27H25NO3/c1-17-9-8-10-18(2)23(17)16-24(27(30)31-3)28-26(29)25-21-13-6-4-11-19(21)15-20-12-5-7-14-22(20)25/h4-15,24H,16H2,1-3H3,(H,28,29)/t24-/m1/s1. The lowest BCUT2D eigenvalue weighted by Crippen LogP contribution is -2.43. The summed E-state index contributed by atoms with van der Waals surface area (Å²) >= 11 is 0. The Bertz CT molecular complexity index is 1220. The third-order valence-corrected chi connectivity index (χ3v) is 5.84. The van der Waals surface area contributed by atoms with Gasteiger partial charge in [-0.3, -0.25) is 4.79 Å². The highest BCUT2D eigenvalue weighted by atomic mass is 16.5. The molecule has 0 unspecified atom stereocenters. The average molecular weight is 412 g/mol. The monoisotopic (exact) mass is 411 g/mol. The number of aryl methyl sites for hydroxylation is 2. The van der Waals surface area contributed by atoms with Crippen molar-refractivity contribution in [3.05, 3.63) is 95.1 Å². The third kappa shape index (κ3) is 4.02. The molecule has 1 amide bonds. The molecule has 0 aliphatic heterocycles. The second-order valence-corrected chi connectivity index (χ2v) is 7.82. The number of carbonyl (C=O) groups is 2. The molecule has 0 aliphatic rings. The SMILES string of the molecule is COC(=O)[C@@H](Cc1c(C)cccc1C)NC(=O)c1c2ccccc2cc2ccccc12. The zero-order valence-corrected chi connectivity index (χ0v) is 17.9. The molecule has 0 radical (unpaired) electrons. The van der Waals surface area contributed by atoms with E-state index in [1.54, 1.807) is 0 Å². The highest BCUT2D eigenvalue weighted by Crippen LogP contribution is 2.28. The molecule has 4 aromatic carbocycles. The van der Waals surface area contributed by atoms with Crippen LogP contribution in [0.2, 0.25) is 0 Å². The Balaban J connectivity index is 1.77. The molecule has 0 bridgehead atoms. The van der Waals surface area contributed by atoms with Crippen LogP contribution in [0.3, 0.4) is 0 Å². The number of hydrogen-bond acceptors (Lipinski definition) is 3.